The van der Waals surface area contributed by atoms with Crippen LogP contribution in [-0.2, 0) is 37.0 Å². The molecule has 0 amide bonds. The number of hydrogen-bond donors (Lipinski definition) is 1. The van der Waals surface area contributed by atoms with Crippen LogP contribution in [0.3, 0.4) is 0 Å². The first kappa shape index (κ1) is 30.2. The number of halogens is 6. The summed E-state index contributed by atoms with van der Waals surface area (Å²) >= 11 is 5.67. The third kappa shape index (κ3) is 5.83. The highest BCUT2D eigenvalue weighted by Gasteiger charge is 2.37. The fourth-order valence-corrected chi connectivity index (χ4v) is 5.80. The molecule has 4 heterocycles. The Balaban J connectivity index is 1.31. The maximum absolute atomic E-state index is 14.3. The molecule has 0 spiro atoms. The Kier molecular flexibility index (Phi) is 7.97. The van der Waals surface area contributed by atoms with Crippen molar-refractivity contribution in [2.24, 2.45) is 0 Å². The summed E-state index contributed by atoms with van der Waals surface area (Å²) in [6, 6.07) is 6.64. The molecule has 8 nitrogen and oxygen atoms in total. The van der Waals surface area contributed by atoms with E-state index in [4.69, 9.17) is 26.1 Å². The molecule has 2 aliphatic heterocycles. The quantitative estimate of drug-likeness (QED) is 0.219. The summed E-state index contributed by atoms with van der Waals surface area (Å²) in [6.07, 6.45) is -3.70. The number of ether oxygens (including phenoxy) is 2. The standard InChI is InChI=1S/C30H26ClF5N4O4/c1-15-19-11-26(44-14-20-22(32)9-17(31)10-23(20)33)21(30(34,35)36)8-16(19)4-6-39(15)13-27-37-24-2-3-25(29(41)42)38-28(24)40(27)12-18-5-7-43-18/h2-3,8-11,15,18H,4-7,12-14H2,1H3,(H,41,42)/t15-,18-/m0/s1. The third-order valence-corrected chi connectivity index (χ3v) is 8.32. The molecule has 4 aromatic rings. The van der Waals surface area contributed by atoms with E-state index in [1.807, 2.05) is 16.4 Å². The molecule has 6 rings (SSSR count). The topological polar surface area (TPSA) is 89.7 Å². The number of carbonyl (C=O) groups is 1. The summed E-state index contributed by atoms with van der Waals surface area (Å²) in [4.78, 5) is 22.6. The van der Waals surface area contributed by atoms with Crippen LogP contribution in [0, 0.1) is 11.6 Å². The van der Waals surface area contributed by atoms with E-state index >= 15 is 0 Å². The molecule has 2 atom stereocenters. The molecule has 1 N–H and O–H groups in total. The number of carboxylic acids is 1. The first-order valence-corrected chi connectivity index (χ1v) is 14.2. The van der Waals surface area contributed by atoms with Crippen molar-refractivity contribution < 1.29 is 41.3 Å². The van der Waals surface area contributed by atoms with Gasteiger partial charge in [0.25, 0.3) is 0 Å². The van der Waals surface area contributed by atoms with Gasteiger partial charge in [-0.25, -0.2) is 23.5 Å². The SMILES string of the molecule is C[C@H]1c2cc(OCc3c(F)cc(Cl)cc3F)c(C(F)(F)F)cc2CCN1Cc1nc2ccc(C(=O)O)nc2n1C[C@@H]1CCO1. The Labute approximate surface area is 253 Å². The Morgan fingerprint density at radius 1 is 1.16 bits per heavy atom. The Bertz CT molecular complexity index is 1730. The minimum atomic E-state index is -4.77. The van der Waals surface area contributed by atoms with Crippen LogP contribution in [-0.4, -0.2) is 49.8 Å². The lowest BCUT2D eigenvalue weighted by Crippen LogP contribution is -2.36. The van der Waals surface area contributed by atoms with E-state index in [-0.39, 0.29) is 22.9 Å². The molecule has 0 bridgehead atoms. The van der Waals surface area contributed by atoms with Gasteiger partial charge in [-0.15, -0.1) is 0 Å². The van der Waals surface area contributed by atoms with Crippen molar-refractivity contribution >= 4 is 28.7 Å². The van der Waals surface area contributed by atoms with E-state index in [9.17, 15) is 31.9 Å². The van der Waals surface area contributed by atoms with Gasteiger partial charge >= 0.3 is 12.1 Å². The van der Waals surface area contributed by atoms with Gasteiger partial charge in [-0.05, 0) is 67.3 Å². The number of rotatable bonds is 8. The Morgan fingerprint density at radius 2 is 1.89 bits per heavy atom. The number of fused-ring (bicyclic) bond motifs is 2. The molecule has 44 heavy (non-hydrogen) atoms. The molecule has 2 aliphatic rings. The highest BCUT2D eigenvalue weighted by Crippen LogP contribution is 2.42. The number of pyridine rings is 1. The van der Waals surface area contributed by atoms with Crippen molar-refractivity contribution in [3.63, 3.8) is 0 Å². The number of aromatic nitrogens is 3. The summed E-state index contributed by atoms with van der Waals surface area (Å²) < 4.78 is 83.7. The number of nitrogens with zero attached hydrogens (tertiary/aromatic N) is 4. The lowest BCUT2D eigenvalue weighted by Gasteiger charge is -2.36. The fraction of sp³-hybridized carbons (Fsp3) is 0.367. The Hall–Kier alpha value is -3.81. The van der Waals surface area contributed by atoms with Crippen LogP contribution in [0.15, 0.2) is 36.4 Å². The maximum atomic E-state index is 14.3. The lowest BCUT2D eigenvalue weighted by atomic mass is 9.91. The van der Waals surface area contributed by atoms with Gasteiger partial charge in [0.15, 0.2) is 11.3 Å². The van der Waals surface area contributed by atoms with Crippen molar-refractivity contribution in [1.29, 1.82) is 0 Å². The lowest BCUT2D eigenvalue weighted by molar-refractivity contribution is -0.139. The van der Waals surface area contributed by atoms with Crippen LogP contribution in [0.1, 0.15) is 58.0 Å². The van der Waals surface area contributed by atoms with Gasteiger partial charge in [-0.3, -0.25) is 4.90 Å². The first-order chi connectivity index (χ1) is 20.9. The zero-order chi connectivity index (χ0) is 31.3. The number of imidazole rings is 1. The van der Waals surface area contributed by atoms with E-state index in [2.05, 4.69) is 4.98 Å². The van der Waals surface area contributed by atoms with Crippen molar-refractivity contribution in [2.75, 3.05) is 13.2 Å². The molecule has 0 unspecified atom stereocenters. The minimum Gasteiger partial charge on any atom is -0.488 e. The van der Waals surface area contributed by atoms with Crippen molar-refractivity contribution in [3.05, 3.63) is 86.8 Å². The van der Waals surface area contributed by atoms with Crippen molar-refractivity contribution in [2.45, 2.75) is 57.8 Å². The molecule has 0 aliphatic carbocycles. The second kappa shape index (κ2) is 11.6. The van der Waals surface area contributed by atoms with Crippen LogP contribution in [0.4, 0.5) is 22.0 Å². The van der Waals surface area contributed by atoms with Gasteiger partial charge in [0.1, 0.15) is 35.3 Å². The molecular weight excluding hydrogens is 611 g/mol. The van der Waals surface area contributed by atoms with Crippen LogP contribution in [0.2, 0.25) is 5.02 Å². The van der Waals surface area contributed by atoms with E-state index in [1.54, 1.807) is 6.07 Å². The zero-order valence-electron chi connectivity index (χ0n) is 23.3. The van der Waals surface area contributed by atoms with E-state index in [0.29, 0.717) is 60.8 Å². The molecule has 2 aromatic carbocycles. The Morgan fingerprint density at radius 3 is 2.52 bits per heavy atom. The number of hydrogen-bond acceptors (Lipinski definition) is 6. The van der Waals surface area contributed by atoms with Gasteiger partial charge in [-0.2, -0.15) is 13.2 Å². The number of carboxylic acid groups (broad SMARTS) is 1. The van der Waals surface area contributed by atoms with E-state index in [1.165, 1.54) is 12.1 Å². The molecular formula is C30H26ClF5N4O4. The van der Waals surface area contributed by atoms with Crippen LogP contribution >= 0.6 is 11.6 Å². The van der Waals surface area contributed by atoms with Crippen LogP contribution in [0.25, 0.3) is 11.2 Å². The molecule has 1 fully saturated rings. The van der Waals surface area contributed by atoms with Crippen LogP contribution in [0.5, 0.6) is 5.75 Å². The molecule has 1 saturated heterocycles. The fourth-order valence-electron chi connectivity index (χ4n) is 5.61. The van der Waals surface area contributed by atoms with Gasteiger partial charge in [-0.1, -0.05) is 11.6 Å². The van der Waals surface area contributed by atoms with Gasteiger partial charge in [0.05, 0.1) is 30.3 Å². The summed E-state index contributed by atoms with van der Waals surface area (Å²) in [5.41, 5.74) is 0.299. The predicted molar refractivity (Wildman–Crippen MR) is 149 cm³/mol. The molecule has 14 heteroatoms. The second-order valence-electron chi connectivity index (χ2n) is 10.8. The zero-order valence-corrected chi connectivity index (χ0v) is 24.1. The highest BCUT2D eigenvalue weighted by molar-refractivity contribution is 6.30. The van der Waals surface area contributed by atoms with Gasteiger partial charge in [0, 0.05) is 24.2 Å². The molecule has 0 saturated carbocycles. The summed E-state index contributed by atoms with van der Waals surface area (Å²) in [6.45, 7) is 2.84. The monoisotopic (exact) mass is 636 g/mol. The van der Waals surface area contributed by atoms with E-state index in [0.717, 1.165) is 24.6 Å². The normalized spacial score (nSPS) is 18.7. The smallest absolute Gasteiger partial charge is 0.419 e. The minimum absolute atomic E-state index is 0.0725. The van der Waals surface area contributed by atoms with Crippen molar-refractivity contribution in [1.82, 2.24) is 19.4 Å². The number of alkyl halides is 3. The summed E-state index contributed by atoms with van der Waals surface area (Å²) in [5, 5.41) is 9.27. The molecule has 2 aromatic heterocycles. The summed E-state index contributed by atoms with van der Waals surface area (Å²) in [5.74, 6) is -3.15. The number of aromatic carboxylic acids is 1. The van der Waals surface area contributed by atoms with Gasteiger partial charge < -0.3 is 19.1 Å². The average molecular weight is 637 g/mol. The third-order valence-electron chi connectivity index (χ3n) is 8.11. The summed E-state index contributed by atoms with van der Waals surface area (Å²) in [7, 11) is 0. The van der Waals surface area contributed by atoms with E-state index < -0.39 is 47.3 Å². The second-order valence-corrected chi connectivity index (χ2v) is 11.3. The van der Waals surface area contributed by atoms with Gasteiger partial charge in [0.2, 0.25) is 0 Å². The molecule has 0 radical (unpaired) electrons. The number of benzene rings is 2. The predicted octanol–water partition coefficient (Wildman–Crippen LogP) is 6.57. The molecule has 232 valence electrons. The first-order valence-electron chi connectivity index (χ1n) is 13.8. The average Bonchev–Trinajstić information content (AvgIpc) is 3.26. The largest absolute Gasteiger partial charge is 0.488 e. The maximum Gasteiger partial charge on any atom is 0.419 e. The van der Waals surface area contributed by atoms with Crippen LogP contribution < -0.4 is 4.74 Å². The van der Waals surface area contributed by atoms with Crippen molar-refractivity contribution in [3.8, 4) is 5.75 Å². The highest BCUT2D eigenvalue weighted by atomic mass is 35.5.